The Morgan fingerprint density at radius 3 is 1.15 bits per heavy atom. The summed E-state index contributed by atoms with van der Waals surface area (Å²) in [4.78, 5) is 23.4. The molecule has 0 spiro atoms. The second kappa shape index (κ2) is 61.2. The number of aliphatic hydroxyl groups is 1. The number of hydrogen-bond donors (Lipinski definition) is 3. The Bertz CT molecular complexity index is 1580. The van der Waals surface area contributed by atoms with E-state index in [9.17, 15) is 19.4 Å². The highest BCUT2D eigenvalue weighted by atomic mass is 31.2. The lowest BCUT2D eigenvalue weighted by atomic mass is 10.0. The van der Waals surface area contributed by atoms with E-state index in [4.69, 9.17) is 9.05 Å². The van der Waals surface area contributed by atoms with Crippen molar-refractivity contribution in [3.05, 3.63) is 85.1 Å². The predicted octanol–water partition coefficient (Wildman–Crippen LogP) is 21.5. The normalized spacial score (nSPS) is 14.2. The zero-order chi connectivity index (χ0) is 58.4. The van der Waals surface area contributed by atoms with E-state index in [1.807, 2.05) is 27.2 Å². The van der Waals surface area contributed by atoms with E-state index in [2.05, 4.69) is 92.1 Å². The molecule has 466 valence electrons. The largest absolute Gasteiger partial charge is 0.472 e. The number of nitrogens with one attached hydrogen (secondary N) is 1. The molecule has 0 aromatic carbocycles. The number of hydrogen-bond acceptors (Lipinski definition) is 5. The number of quaternary nitrogens is 1. The van der Waals surface area contributed by atoms with Crippen LogP contribution in [-0.2, 0) is 18.4 Å². The van der Waals surface area contributed by atoms with Gasteiger partial charge in [0.25, 0.3) is 0 Å². The molecule has 0 aromatic rings. The van der Waals surface area contributed by atoms with Crippen LogP contribution in [-0.4, -0.2) is 73.4 Å². The molecular formula is C71H132N2O6P+. The molecule has 0 heterocycles. The van der Waals surface area contributed by atoms with Gasteiger partial charge in [-0.25, -0.2) is 4.57 Å². The molecule has 0 aliphatic rings. The summed E-state index contributed by atoms with van der Waals surface area (Å²) < 4.78 is 23.8. The Kier molecular flexibility index (Phi) is 59.5. The quantitative estimate of drug-likeness (QED) is 0.0243. The van der Waals surface area contributed by atoms with Gasteiger partial charge in [0.05, 0.1) is 39.9 Å². The summed E-state index contributed by atoms with van der Waals surface area (Å²) in [5.74, 6) is -0.190. The fourth-order valence-corrected chi connectivity index (χ4v) is 10.6. The molecule has 0 radical (unpaired) electrons. The molecule has 0 rings (SSSR count). The van der Waals surface area contributed by atoms with Crippen molar-refractivity contribution in [2.24, 2.45) is 0 Å². The SMILES string of the molecule is CC/C=C\C/C=C\C/C=C\C/C=C\CCCCCCCCCCCCCCCCCCC(=O)NC(COP(=O)(O)OCC[N+](C)(C)C)C(O)/C=C/CC/C=C/CC/C=C/CCCCCCCCCCCCCCCCCCCCC. The molecule has 0 aliphatic carbocycles. The van der Waals surface area contributed by atoms with Crippen LogP contribution >= 0.6 is 7.82 Å². The second-order valence-corrected chi connectivity index (χ2v) is 25.6. The van der Waals surface area contributed by atoms with Crippen LogP contribution in [0.25, 0.3) is 0 Å². The van der Waals surface area contributed by atoms with E-state index in [0.717, 1.165) is 70.6 Å². The Hall–Kier alpha value is -2.32. The first-order valence-electron chi connectivity index (χ1n) is 34.0. The molecule has 80 heavy (non-hydrogen) atoms. The zero-order valence-electron chi connectivity index (χ0n) is 53.3. The van der Waals surface area contributed by atoms with Crippen molar-refractivity contribution in [2.75, 3.05) is 40.9 Å². The van der Waals surface area contributed by atoms with Crippen molar-refractivity contribution in [3.63, 3.8) is 0 Å². The predicted molar refractivity (Wildman–Crippen MR) is 350 cm³/mol. The summed E-state index contributed by atoms with van der Waals surface area (Å²) >= 11 is 0. The number of amides is 1. The average molecular weight is 1140 g/mol. The smallest absolute Gasteiger partial charge is 0.387 e. The van der Waals surface area contributed by atoms with Gasteiger partial charge < -0.3 is 19.8 Å². The summed E-state index contributed by atoms with van der Waals surface area (Å²) in [6.07, 6.45) is 87.3. The molecular weight excluding hydrogens is 1010 g/mol. The average Bonchev–Trinajstić information content (AvgIpc) is 3.42. The first-order valence-corrected chi connectivity index (χ1v) is 35.5. The standard InChI is InChI=1S/C71H131N2O6P/c1-6-8-10-12-14-16-18-20-22-24-26-28-30-32-34-36-38-40-42-44-46-48-50-52-54-56-58-60-62-64-70(74)69(68-79-80(76,77)78-67-66-73(3,4)5)72-71(75)65-63-61-59-57-55-53-51-49-47-45-43-41-39-37-35-33-31-29-27-25-23-21-19-17-15-13-11-9-7-2/h9,11,15,17,21,23,27,29,46,48,54,56,62,64,69-70,74H,6-8,10,12-14,16,18-20,22,24-26,28,30-45,47,49-53,55,57-61,63,65-68H2,1-5H3,(H-,72,75,76,77)/p+1/b11-9-,17-15-,23-21-,29-27-,48-46+,56-54+,64-62+. The third-order valence-electron chi connectivity index (χ3n) is 15.1. The van der Waals surface area contributed by atoms with Crippen molar-refractivity contribution in [1.82, 2.24) is 5.32 Å². The van der Waals surface area contributed by atoms with Gasteiger partial charge in [-0.05, 0) is 83.5 Å². The van der Waals surface area contributed by atoms with Gasteiger partial charge in [-0.3, -0.25) is 13.8 Å². The van der Waals surface area contributed by atoms with Gasteiger partial charge in [0.2, 0.25) is 5.91 Å². The number of phosphoric acid groups is 1. The molecule has 1 amide bonds. The summed E-state index contributed by atoms with van der Waals surface area (Å²) in [5, 5.41) is 14.0. The highest BCUT2D eigenvalue weighted by molar-refractivity contribution is 7.47. The third kappa shape index (κ3) is 63.3. The molecule has 0 bridgehead atoms. The second-order valence-electron chi connectivity index (χ2n) is 24.2. The topological polar surface area (TPSA) is 105 Å². The summed E-state index contributed by atoms with van der Waals surface area (Å²) in [6.45, 7) is 4.71. The molecule has 8 nitrogen and oxygen atoms in total. The monoisotopic (exact) mass is 1140 g/mol. The van der Waals surface area contributed by atoms with Gasteiger partial charge >= 0.3 is 7.82 Å². The lowest BCUT2D eigenvalue weighted by Crippen LogP contribution is -2.45. The number of nitrogens with zero attached hydrogens (tertiary/aromatic N) is 1. The van der Waals surface area contributed by atoms with Gasteiger partial charge in [0.15, 0.2) is 0 Å². The summed E-state index contributed by atoms with van der Waals surface area (Å²) in [5.41, 5.74) is 0. The Morgan fingerprint density at radius 2 is 0.762 bits per heavy atom. The Labute approximate surface area is 497 Å². The van der Waals surface area contributed by atoms with E-state index >= 15 is 0 Å². The van der Waals surface area contributed by atoms with Gasteiger partial charge in [0.1, 0.15) is 13.2 Å². The van der Waals surface area contributed by atoms with Crippen molar-refractivity contribution >= 4 is 13.7 Å². The molecule has 9 heteroatoms. The number of rotatable bonds is 62. The number of unbranched alkanes of at least 4 members (excludes halogenated alkanes) is 37. The number of phosphoric ester groups is 1. The highest BCUT2D eigenvalue weighted by Crippen LogP contribution is 2.43. The minimum Gasteiger partial charge on any atom is -0.387 e. The number of allylic oxidation sites excluding steroid dienone is 13. The van der Waals surface area contributed by atoms with E-state index in [1.54, 1.807) is 6.08 Å². The first-order chi connectivity index (χ1) is 39.0. The lowest BCUT2D eigenvalue weighted by molar-refractivity contribution is -0.870. The molecule has 3 unspecified atom stereocenters. The maximum Gasteiger partial charge on any atom is 0.472 e. The molecule has 0 aliphatic heterocycles. The highest BCUT2D eigenvalue weighted by Gasteiger charge is 2.28. The van der Waals surface area contributed by atoms with E-state index in [-0.39, 0.29) is 19.1 Å². The van der Waals surface area contributed by atoms with Crippen molar-refractivity contribution < 1.29 is 32.9 Å². The van der Waals surface area contributed by atoms with E-state index in [1.165, 1.54) is 218 Å². The third-order valence-corrected chi connectivity index (χ3v) is 16.1. The lowest BCUT2D eigenvalue weighted by Gasteiger charge is -2.25. The fraction of sp³-hybridized carbons (Fsp3) is 0.789. The molecule has 0 fully saturated rings. The maximum absolute atomic E-state index is 13.0. The molecule has 0 aromatic heterocycles. The van der Waals surface area contributed by atoms with Crippen LogP contribution in [0.2, 0.25) is 0 Å². The van der Waals surface area contributed by atoms with Gasteiger partial charge in [0, 0.05) is 6.42 Å². The number of likely N-dealkylation sites (N-methyl/N-ethyl adjacent to an activating group) is 1. The van der Waals surface area contributed by atoms with Crippen LogP contribution in [0.3, 0.4) is 0 Å². The van der Waals surface area contributed by atoms with Crippen LogP contribution < -0.4 is 5.32 Å². The zero-order valence-corrected chi connectivity index (χ0v) is 54.2. The molecule has 3 atom stereocenters. The van der Waals surface area contributed by atoms with Crippen LogP contribution in [0.5, 0.6) is 0 Å². The van der Waals surface area contributed by atoms with Crippen molar-refractivity contribution in [1.29, 1.82) is 0 Å². The van der Waals surface area contributed by atoms with Crippen molar-refractivity contribution in [3.8, 4) is 0 Å². The van der Waals surface area contributed by atoms with E-state index in [0.29, 0.717) is 17.4 Å². The summed E-state index contributed by atoms with van der Waals surface area (Å²) in [7, 11) is 1.55. The summed E-state index contributed by atoms with van der Waals surface area (Å²) in [6, 6.07) is -0.875. The molecule has 0 saturated carbocycles. The number of carbonyl (C=O) groups is 1. The van der Waals surface area contributed by atoms with Crippen LogP contribution in [0.1, 0.15) is 309 Å². The van der Waals surface area contributed by atoms with Crippen LogP contribution in [0, 0.1) is 0 Å². The minimum absolute atomic E-state index is 0.0514. The fourth-order valence-electron chi connectivity index (χ4n) is 9.83. The van der Waals surface area contributed by atoms with Crippen molar-refractivity contribution in [2.45, 2.75) is 321 Å². The van der Waals surface area contributed by atoms with E-state index < -0.39 is 20.0 Å². The Morgan fingerprint density at radius 1 is 0.438 bits per heavy atom. The van der Waals surface area contributed by atoms with Gasteiger partial charge in [-0.1, -0.05) is 304 Å². The first kappa shape index (κ1) is 77.7. The van der Waals surface area contributed by atoms with Gasteiger partial charge in [-0.2, -0.15) is 0 Å². The molecule has 0 saturated heterocycles. The van der Waals surface area contributed by atoms with Crippen LogP contribution in [0.4, 0.5) is 0 Å². The minimum atomic E-state index is -4.37. The van der Waals surface area contributed by atoms with Crippen LogP contribution in [0.15, 0.2) is 85.1 Å². The maximum atomic E-state index is 13.0. The van der Waals surface area contributed by atoms with Gasteiger partial charge in [-0.15, -0.1) is 0 Å². The molecule has 3 N–H and O–H groups in total. The Balaban J connectivity index is 4.16. The number of carbonyl (C=O) groups excluding carboxylic acids is 1. The number of aliphatic hydroxyl groups excluding tert-OH is 1.